The zero-order valence-electron chi connectivity index (χ0n) is 8.83. The Bertz CT molecular complexity index is 396. The van der Waals surface area contributed by atoms with Gasteiger partial charge >= 0.3 is 0 Å². The summed E-state index contributed by atoms with van der Waals surface area (Å²) in [4.78, 5) is 11.7. The van der Waals surface area contributed by atoms with Crippen molar-refractivity contribution in [3.05, 3.63) is 22.1 Å². The van der Waals surface area contributed by atoms with Crippen molar-refractivity contribution >= 4 is 0 Å². The molecule has 4 nitrogen and oxygen atoms in total. The Morgan fingerprint density at radius 1 is 1.40 bits per heavy atom. The van der Waals surface area contributed by atoms with Crippen LogP contribution in [0, 0.1) is 0 Å². The molecule has 1 saturated carbocycles. The van der Waals surface area contributed by atoms with E-state index in [0.717, 1.165) is 18.8 Å². The van der Waals surface area contributed by atoms with Crippen LogP contribution >= 0.6 is 0 Å². The zero-order chi connectivity index (χ0) is 10.3. The number of H-pyrrole nitrogens is 1. The first-order chi connectivity index (χ1) is 7.33. The van der Waals surface area contributed by atoms with E-state index < -0.39 is 0 Å². The van der Waals surface area contributed by atoms with Gasteiger partial charge in [-0.05, 0) is 32.2 Å². The summed E-state index contributed by atoms with van der Waals surface area (Å²) in [7, 11) is 0. The third-order valence-corrected chi connectivity index (χ3v) is 3.39. The van der Waals surface area contributed by atoms with Crippen LogP contribution in [0.4, 0.5) is 0 Å². The lowest BCUT2D eigenvalue weighted by Crippen LogP contribution is -2.31. The summed E-state index contributed by atoms with van der Waals surface area (Å²) in [5.74, 6) is 0.635. The number of hydrogen-bond acceptors (Lipinski definition) is 2. The average molecular weight is 207 g/mol. The Hall–Kier alpha value is -1.03. The second-order valence-corrected chi connectivity index (χ2v) is 4.73. The van der Waals surface area contributed by atoms with Crippen LogP contribution in [0.15, 0.2) is 10.9 Å². The molecule has 2 N–H and O–H groups in total. The van der Waals surface area contributed by atoms with Crippen LogP contribution in [0.25, 0.3) is 0 Å². The third-order valence-electron chi connectivity index (χ3n) is 3.39. The summed E-state index contributed by atoms with van der Waals surface area (Å²) >= 11 is 0. The van der Waals surface area contributed by atoms with Crippen molar-refractivity contribution in [3.63, 3.8) is 0 Å². The largest absolute Gasteiger partial charge is 0.312 e. The van der Waals surface area contributed by atoms with E-state index in [1.807, 2.05) is 0 Å². The zero-order valence-corrected chi connectivity index (χ0v) is 8.83. The van der Waals surface area contributed by atoms with Gasteiger partial charge in [-0.2, -0.15) is 0 Å². The van der Waals surface area contributed by atoms with Crippen LogP contribution < -0.4 is 10.9 Å². The molecule has 1 aliphatic heterocycles. The predicted octanol–water partition coefficient (Wildman–Crippen LogP) is 0.806. The van der Waals surface area contributed by atoms with E-state index in [9.17, 15) is 4.79 Å². The van der Waals surface area contributed by atoms with Gasteiger partial charge in [-0.1, -0.05) is 0 Å². The molecule has 2 fully saturated rings. The highest BCUT2D eigenvalue weighted by atomic mass is 16.1. The number of aromatic nitrogens is 2. The van der Waals surface area contributed by atoms with Gasteiger partial charge in [0.1, 0.15) is 0 Å². The highest BCUT2D eigenvalue weighted by Gasteiger charge is 2.26. The number of hydrogen-bond donors (Lipinski definition) is 2. The predicted molar refractivity (Wildman–Crippen MR) is 58.1 cm³/mol. The van der Waals surface area contributed by atoms with Crippen LogP contribution in [0.1, 0.15) is 37.3 Å². The fourth-order valence-electron chi connectivity index (χ4n) is 2.33. The first-order valence-electron chi connectivity index (χ1n) is 5.86. The van der Waals surface area contributed by atoms with Gasteiger partial charge in [0.15, 0.2) is 0 Å². The maximum absolute atomic E-state index is 11.7. The first-order valence-corrected chi connectivity index (χ1v) is 5.86. The van der Waals surface area contributed by atoms with Gasteiger partial charge in [-0.3, -0.25) is 14.6 Å². The molecule has 0 bridgehead atoms. The maximum atomic E-state index is 11.7. The molecule has 1 aromatic rings. The quantitative estimate of drug-likeness (QED) is 0.770. The third kappa shape index (κ3) is 1.86. The Labute approximate surface area is 88.7 Å². The van der Waals surface area contributed by atoms with Crippen molar-refractivity contribution in [3.8, 4) is 0 Å². The molecule has 2 heterocycles. The number of rotatable bonds is 3. The summed E-state index contributed by atoms with van der Waals surface area (Å²) < 4.78 is 1.76. The molecule has 3 rings (SSSR count). The molecular formula is C11H17N3O. The molecule has 2 aliphatic rings. The summed E-state index contributed by atoms with van der Waals surface area (Å²) in [6.45, 7) is 1.89. The summed E-state index contributed by atoms with van der Waals surface area (Å²) in [6, 6.07) is 2.25. The van der Waals surface area contributed by atoms with Crippen molar-refractivity contribution in [2.45, 2.75) is 44.2 Å². The summed E-state index contributed by atoms with van der Waals surface area (Å²) in [6.07, 6.45) is 4.89. The van der Waals surface area contributed by atoms with E-state index in [2.05, 4.69) is 10.4 Å². The number of nitrogens with one attached hydrogen (secondary N) is 2. The Morgan fingerprint density at radius 3 is 2.93 bits per heavy atom. The smallest absolute Gasteiger partial charge is 0.266 e. The molecule has 1 saturated heterocycles. The SMILES string of the molecule is O=c1cc(C2CC2)[nH]n1CC1CCCN1. The van der Waals surface area contributed by atoms with E-state index in [1.165, 1.54) is 25.7 Å². The van der Waals surface area contributed by atoms with Crippen molar-refractivity contribution in [1.82, 2.24) is 15.1 Å². The molecule has 0 radical (unpaired) electrons. The van der Waals surface area contributed by atoms with Crippen LogP contribution in [-0.2, 0) is 6.54 Å². The van der Waals surface area contributed by atoms with Crippen LogP contribution in [0.5, 0.6) is 0 Å². The molecular weight excluding hydrogens is 190 g/mol. The minimum Gasteiger partial charge on any atom is -0.312 e. The molecule has 4 heteroatoms. The van der Waals surface area contributed by atoms with Gasteiger partial charge in [-0.15, -0.1) is 0 Å². The molecule has 15 heavy (non-hydrogen) atoms. The lowest BCUT2D eigenvalue weighted by Gasteiger charge is -2.09. The van der Waals surface area contributed by atoms with Crippen molar-refractivity contribution in [1.29, 1.82) is 0 Å². The van der Waals surface area contributed by atoms with Gasteiger partial charge in [-0.25, -0.2) is 0 Å². The molecule has 0 amide bonds. The molecule has 1 aromatic heterocycles. The van der Waals surface area contributed by atoms with E-state index in [0.29, 0.717) is 12.0 Å². The van der Waals surface area contributed by atoms with Crippen LogP contribution in [0.3, 0.4) is 0 Å². The number of aromatic amines is 1. The topological polar surface area (TPSA) is 49.8 Å². The van der Waals surface area contributed by atoms with Gasteiger partial charge in [0.2, 0.25) is 0 Å². The van der Waals surface area contributed by atoms with E-state index in [-0.39, 0.29) is 5.56 Å². The minimum atomic E-state index is 0.130. The standard InChI is InChI=1S/C11H17N3O/c15-11-6-10(8-3-4-8)13-14(11)7-9-2-1-5-12-9/h6,8-9,12-13H,1-5,7H2. The molecule has 82 valence electrons. The minimum absolute atomic E-state index is 0.130. The van der Waals surface area contributed by atoms with Crippen molar-refractivity contribution < 1.29 is 0 Å². The van der Waals surface area contributed by atoms with E-state index >= 15 is 0 Å². The highest BCUT2D eigenvalue weighted by molar-refractivity contribution is 5.12. The van der Waals surface area contributed by atoms with Gasteiger partial charge in [0, 0.05) is 23.7 Å². The summed E-state index contributed by atoms with van der Waals surface area (Å²) in [5, 5.41) is 6.64. The Balaban J connectivity index is 1.75. The molecule has 0 aromatic carbocycles. The lowest BCUT2D eigenvalue weighted by molar-refractivity contribution is 0.465. The molecule has 1 unspecified atom stereocenters. The van der Waals surface area contributed by atoms with Crippen LogP contribution in [-0.4, -0.2) is 22.4 Å². The number of nitrogens with zero attached hydrogens (tertiary/aromatic N) is 1. The Morgan fingerprint density at radius 2 is 2.27 bits per heavy atom. The van der Waals surface area contributed by atoms with Crippen molar-refractivity contribution in [2.75, 3.05) is 6.54 Å². The summed E-state index contributed by atoms with van der Waals surface area (Å²) in [5.41, 5.74) is 1.27. The maximum Gasteiger partial charge on any atom is 0.266 e. The fraction of sp³-hybridized carbons (Fsp3) is 0.727. The monoisotopic (exact) mass is 207 g/mol. The van der Waals surface area contributed by atoms with E-state index in [1.54, 1.807) is 10.7 Å². The second kappa shape index (κ2) is 3.52. The Kier molecular flexibility index (Phi) is 2.16. The second-order valence-electron chi connectivity index (χ2n) is 4.73. The van der Waals surface area contributed by atoms with E-state index in [4.69, 9.17) is 0 Å². The normalized spacial score (nSPS) is 26.0. The molecule has 1 aliphatic carbocycles. The van der Waals surface area contributed by atoms with Crippen molar-refractivity contribution in [2.24, 2.45) is 0 Å². The molecule has 1 atom stereocenters. The first kappa shape index (κ1) is 9.21. The molecule has 0 spiro atoms. The highest BCUT2D eigenvalue weighted by Crippen LogP contribution is 2.38. The average Bonchev–Trinajstić information content (AvgIpc) is 2.84. The lowest BCUT2D eigenvalue weighted by atomic mass is 10.2. The van der Waals surface area contributed by atoms with Gasteiger partial charge in [0.25, 0.3) is 5.56 Å². The fourth-order valence-corrected chi connectivity index (χ4v) is 2.33. The van der Waals surface area contributed by atoms with Gasteiger partial charge < -0.3 is 5.32 Å². The van der Waals surface area contributed by atoms with Crippen LogP contribution in [0.2, 0.25) is 0 Å². The van der Waals surface area contributed by atoms with Gasteiger partial charge in [0.05, 0.1) is 6.54 Å².